The van der Waals surface area contributed by atoms with Gasteiger partial charge in [0.15, 0.2) is 0 Å². The molecule has 0 aromatic heterocycles. The maximum Gasteiger partial charge on any atom is 0.339 e. The Balaban J connectivity index is 1.58. The predicted octanol–water partition coefficient (Wildman–Crippen LogP) is 5.21. The fourth-order valence-electron chi connectivity index (χ4n) is 2.54. The van der Waals surface area contributed by atoms with Gasteiger partial charge in [-0.3, -0.25) is 0 Å². The first-order chi connectivity index (χ1) is 14.1. The van der Waals surface area contributed by atoms with Crippen LogP contribution in [0.15, 0.2) is 83.8 Å². The van der Waals surface area contributed by atoms with Crippen LogP contribution < -0.4 is 13.7 Å². The first-order valence-corrected chi connectivity index (χ1v) is 10.9. The fourth-order valence-corrected chi connectivity index (χ4v) is 3.47. The Morgan fingerprint density at radius 1 is 0.724 bits per heavy atom. The molecule has 0 atom stereocenters. The highest BCUT2D eigenvalue weighted by atomic mass is 32.2. The third kappa shape index (κ3) is 6.26. The van der Waals surface area contributed by atoms with Crippen LogP contribution in [0.3, 0.4) is 0 Å². The average molecular weight is 413 g/mol. The van der Waals surface area contributed by atoms with Crippen LogP contribution >= 0.6 is 0 Å². The average Bonchev–Trinajstić information content (AvgIpc) is 2.74. The van der Waals surface area contributed by atoms with E-state index >= 15 is 0 Å². The quantitative estimate of drug-likeness (QED) is 0.338. The van der Waals surface area contributed by atoms with E-state index in [9.17, 15) is 8.42 Å². The molecule has 0 spiro atoms. The van der Waals surface area contributed by atoms with E-state index in [2.05, 4.69) is 6.92 Å². The lowest BCUT2D eigenvalue weighted by Gasteiger charge is -2.10. The molecule has 0 heterocycles. The van der Waals surface area contributed by atoms with Crippen molar-refractivity contribution in [2.45, 2.75) is 31.3 Å². The van der Waals surface area contributed by atoms with E-state index in [1.165, 1.54) is 12.1 Å². The zero-order valence-corrected chi connectivity index (χ0v) is 17.1. The zero-order chi connectivity index (χ0) is 20.5. The topological polar surface area (TPSA) is 61.8 Å². The molecule has 0 aliphatic carbocycles. The van der Waals surface area contributed by atoms with Crippen molar-refractivity contribution in [2.24, 2.45) is 0 Å². The highest BCUT2D eigenvalue weighted by Gasteiger charge is 2.16. The Labute approximate surface area is 172 Å². The molecule has 0 aliphatic heterocycles. The van der Waals surface area contributed by atoms with Crippen LogP contribution in [0.5, 0.6) is 17.2 Å². The van der Waals surface area contributed by atoms with E-state index in [0.29, 0.717) is 24.7 Å². The van der Waals surface area contributed by atoms with Crippen molar-refractivity contribution in [1.82, 2.24) is 0 Å². The molecule has 0 N–H and O–H groups in total. The van der Waals surface area contributed by atoms with Crippen LogP contribution in [0.4, 0.5) is 0 Å². The molecule has 3 aromatic rings. The second-order valence-electron chi connectivity index (χ2n) is 6.46. The number of rotatable bonds is 10. The van der Waals surface area contributed by atoms with Crippen molar-refractivity contribution >= 4 is 10.1 Å². The molecule has 5 nitrogen and oxygen atoms in total. The van der Waals surface area contributed by atoms with Crippen LogP contribution in [0.25, 0.3) is 0 Å². The van der Waals surface area contributed by atoms with Crippen molar-refractivity contribution < 1.29 is 22.1 Å². The monoisotopic (exact) mass is 412 g/mol. The Bertz CT molecular complexity index is 982. The van der Waals surface area contributed by atoms with Crippen molar-refractivity contribution in [1.29, 1.82) is 0 Å². The highest BCUT2D eigenvalue weighted by Crippen LogP contribution is 2.23. The van der Waals surface area contributed by atoms with Gasteiger partial charge in [-0.15, -0.1) is 0 Å². The van der Waals surface area contributed by atoms with Gasteiger partial charge >= 0.3 is 10.1 Å². The van der Waals surface area contributed by atoms with Crippen LogP contribution in [0.2, 0.25) is 0 Å². The van der Waals surface area contributed by atoms with Crippen LogP contribution in [0, 0.1) is 0 Å². The third-order valence-electron chi connectivity index (χ3n) is 4.16. The van der Waals surface area contributed by atoms with Gasteiger partial charge in [0.1, 0.15) is 28.8 Å². The first kappa shape index (κ1) is 20.7. The molecule has 0 bridgehead atoms. The van der Waals surface area contributed by atoms with Crippen molar-refractivity contribution in [2.75, 3.05) is 6.61 Å². The van der Waals surface area contributed by atoms with Gasteiger partial charge in [0.25, 0.3) is 0 Å². The van der Waals surface area contributed by atoms with Crippen molar-refractivity contribution in [3.05, 3.63) is 84.4 Å². The van der Waals surface area contributed by atoms with E-state index in [-0.39, 0.29) is 10.6 Å². The Morgan fingerprint density at radius 3 is 1.97 bits per heavy atom. The highest BCUT2D eigenvalue weighted by molar-refractivity contribution is 7.87. The summed E-state index contributed by atoms with van der Waals surface area (Å²) in [7, 11) is -3.92. The summed E-state index contributed by atoms with van der Waals surface area (Å²) in [6.45, 7) is 3.13. The summed E-state index contributed by atoms with van der Waals surface area (Å²) in [5.74, 6) is 1.49. The molecule has 0 aliphatic rings. The standard InChI is InChI=1S/C23H24O5S/c1-2-3-17-26-20-13-15-23(16-14-20)29(24,25)28-22-11-9-21(10-12-22)27-18-19-7-5-4-6-8-19/h4-16H,2-3,17-18H2,1H3. The van der Waals surface area contributed by atoms with Crippen LogP contribution in [0.1, 0.15) is 25.3 Å². The fraction of sp³-hybridized carbons (Fsp3) is 0.217. The van der Waals surface area contributed by atoms with Crippen LogP contribution in [-0.4, -0.2) is 15.0 Å². The molecule has 6 heteroatoms. The molecule has 0 saturated heterocycles. The van der Waals surface area contributed by atoms with E-state index in [0.717, 1.165) is 18.4 Å². The molecule has 0 unspecified atom stereocenters. The van der Waals surface area contributed by atoms with Crippen molar-refractivity contribution in [3.8, 4) is 17.2 Å². The number of hydrogen-bond donors (Lipinski definition) is 0. The second-order valence-corrected chi connectivity index (χ2v) is 8.00. The van der Waals surface area contributed by atoms with Crippen molar-refractivity contribution in [3.63, 3.8) is 0 Å². The molecule has 3 aromatic carbocycles. The molecule has 29 heavy (non-hydrogen) atoms. The minimum atomic E-state index is -3.92. The summed E-state index contributed by atoms with van der Waals surface area (Å²) < 4.78 is 41.4. The molecule has 152 valence electrons. The van der Waals surface area contributed by atoms with E-state index in [1.54, 1.807) is 36.4 Å². The first-order valence-electron chi connectivity index (χ1n) is 9.51. The molecule has 0 amide bonds. The van der Waals surface area contributed by atoms with Gasteiger partial charge < -0.3 is 13.7 Å². The zero-order valence-electron chi connectivity index (χ0n) is 16.3. The smallest absolute Gasteiger partial charge is 0.339 e. The Hall–Kier alpha value is -2.99. The minimum Gasteiger partial charge on any atom is -0.494 e. The Kier molecular flexibility index (Phi) is 7.14. The van der Waals surface area contributed by atoms with E-state index in [4.69, 9.17) is 13.7 Å². The molecule has 0 fully saturated rings. The lowest BCUT2D eigenvalue weighted by molar-refractivity contribution is 0.306. The van der Waals surface area contributed by atoms with Gasteiger partial charge in [-0.05, 0) is 60.5 Å². The normalized spacial score (nSPS) is 11.1. The summed E-state index contributed by atoms with van der Waals surface area (Å²) in [6.07, 6.45) is 1.99. The summed E-state index contributed by atoms with van der Waals surface area (Å²) in [6, 6.07) is 22.5. The Morgan fingerprint density at radius 2 is 1.31 bits per heavy atom. The van der Waals surface area contributed by atoms with Gasteiger partial charge in [-0.25, -0.2) is 0 Å². The summed E-state index contributed by atoms with van der Waals surface area (Å²) in [5.41, 5.74) is 1.05. The molecule has 0 radical (unpaired) electrons. The maximum atomic E-state index is 12.5. The molecule has 3 rings (SSSR count). The van der Waals surface area contributed by atoms with E-state index in [1.807, 2.05) is 30.3 Å². The van der Waals surface area contributed by atoms with Gasteiger partial charge in [-0.1, -0.05) is 43.7 Å². The maximum absolute atomic E-state index is 12.5. The van der Waals surface area contributed by atoms with E-state index < -0.39 is 10.1 Å². The number of ether oxygens (including phenoxy) is 2. The molecule has 0 saturated carbocycles. The van der Waals surface area contributed by atoms with Gasteiger partial charge in [-0.2, -0.15) is 8.42 Å². The van der Waals surface area contributed by atoms with Crippen LogP contribution in [-0.2, 0) is 16.7 Å². The second kappa shape index (κ2) is 9.98. The number of benzene rings is 3. The number of hydrogen-bond acceptors (Lipinski definition) is 5. The largest absolute Gasteiger partial charge is 0.494 e. The minimum absolute atomic E-state index is 0.0738. The number of unbranched alkanes of at least 4 members (excludes halogenated alkanes) is 1. The summed E-state index contributed by atoms with van der Waals surface area (Å²) >= 11 is 0. The summed E-state index contributed by atoms with van der Waals surface area (Å²) in [5, 5.41) is 0. The molecular formula is C23H24O5S. The lowest BCUT2D eigenvalue weighted by Crippen LogP contribution is -2.09. The molecular weight excluding hydrogens is 388 g/mol. The SMILES string of the molecule is CCCCOc1ccc(S(=O)(=O)Oc2ccc(OCc3ccccc3)cc2)cc1. The van der Waals surface area contributed by atoms with Gasteiger partial charge in [0.05, 0.1) is 6.61 Å². The third-order valence-corrected chi connectivity index (χ3v) is 5.42. The van der Waals surface area contributed by atoms with Gasteiger partial charge in [0.2, 0.25) is 0 Å². The lowest BCUT2D eigenvalue weighted by atomic mass is 10.2. The predicted molar refractivity (Wildman–Crippen MR) is 112 cm³/mol. The van der Waals surface area contributed by atoms with Gasteiger partial charge in [0, 0.05) is 0 Å². The summed E-state index contributed by atoms with van der Waals surface area (Å²) in [4.78, 5) is 0.0738.